The SMILES string of the molecule is CC(C)(C)OC(=O)CO/N=C(/C(=O)N[C@@H]1C(=O)N2C(C=O)=C(C[N+](C)(C)Cc3cc(=O)c(O)c[nH]3)CS[C@H]12)c1csc(N)n1. The number of β-lactam (4-membered cyclic amide) rings is 1. The van der Waals surface area contributed by atoms with Gasteiger partial charge in [-0.3, -0.25) is 24.1 Å². The first-order chi connectivity index (χ1) is 20.6. The molecule has 44 heavy (non-hydrogen) atoms. The molecule has 236 valence electrons. The Morgan fingerprint density at radius 2 is 2.05 bits per heavy atom. The second kappa shape index (κ2) is 12.8. The smallest absolute Gasteiger partial charge is 0.347 e. The number of allylic oxidation sites excluding steroid dienone is 1. The van der Waals surface area contributed by atoms with Crippen LogP contribution in [0, 0.1) is 0 Å². The molecule has 4 rings (SSSR count). The lowest BCUT2D eigenvalue weighted by Gasteiger charge is -2.49. The minimum absolute atomic E-state index is 0.0971. The molecule has 1 fully saturated rings. The molecule has 17 heteroatoms. The summed E-state index contributed by atoms with van der Waals surface area (Å²) in [6, 6.07) is 0.364. The number of likely N-dealkylation sites (N-methyl/N-ethyl adjacent to an activating group) is 1. The molecule has 2 aliphatic rings. The first-order valence-electron chi connectivity index (χ1n) is 13.4. The molecule has 0 unspecified atom stereocenters. The number of carbonyl (C=O) groups is 4. The predicted molar refractivity (Wildman–Crippen MR) is 162 cm³/mol. The second-order valence-corrected chi connectivity index (χ2v) is 13.8. The van der Waals surface area contributed by atoms with Gasteiger partial charge in [0, 0.05) is 29.0 Å². The van der Waals surface area contributed by atoms with Crippen molar-refractivity contribution in [3.63, 3.8) is 0 Å². The van der Waals surface area contributed by atoms with E-state index in [2.05, 4.69) is 20.4 Å². The molecule has 0 spiro atoms. The highest BCUT2D eigenvalue weighted by Crippen LogP contribution is 2.40. The number of oxime groups is 1. The Bertz CT molecular complexity index is 1590. The van der Waals surface area contributed by atoms with E-state index < -0.39 is 46.8 Å². The molecule has 2 amide bonds. The summed E-state index contributed by atoms with van der Waals surface area (Å²) in [5.74, 6) is -1.90. The predicted octanol–water partition coefficient (Wildman–Crippen LogP) is 0.311. The molecule has 0 radical (unpaired) electrons. The Balaban J connectivity index is 1.46. The van der Waals surface area contributed by atoms with E-state index in [1.54, 1.807) is 20.8 Å². The fourth-order valence-electron chi connectivity index (χ4n) is 4.68. The number of rotatable bonds is 11. The van der Waals surface area contributed by atoms with Gasteiger partial charge in [-0.15, -0.1) is 23.1 Å². The van der Waals surface area contributed by atoms with Gasteiger partial charge in [0.1, 0.15) is 35.8 Å². The second-order valence-electron chi connectivity index (χ2n) is 11.8. The van der Waals surface area contributed by atoms with Crippen LogP contribution in [-0.2, 0) is 35.3 Å². The highest BCUT2D eigenvalue weighted by molar-refractivity contribution is 8.00. The zero-order valence-corrected chi connectivity index (χ0v) is 26.4. The lowest BCUT2D eigenvalue weighted by atomic mass is 10.0. The molecule has 1 saturated heterocycles. The number of pyridine rings is 1. The number of nitrogens with two attached hydrogens (primary N) is 1. The third kappa shape index (κ3) is 7.64. The molecule has 2 aromatic rings. The maximum atomic E-state index is 13.3. The number of hydrogen-bond acceptors (Lipinski definition) is 13. The van der Waals surface area contributed by atoms with E-state index >= 15 is 0 Å². The van der Waals surface area contributed by atoms with Crippen molar-refractivity contribution in [2.75, 3.05) is 38.7 Å². The van der Waals surface area contributed by atoms with Crippen LogP contribution in [0.3, 0.4) is 0 Å². The standard InChI is InChI=1S/C27H33N7O8S2/c1-27(2,3)42-20(38)11-41-32-21(16-13-44-26(28)30-16)23(39)31-22-24(40)33-17(10-35)14(12-43-25(22)33)8-34(4,5)9-15-6-18(36)19(37)7-29-15/h6-7,10,13,22,25H,8-9,11-12H2,1-5H3,(H4-,28,29,30,31,32,36,37,39)/p+1/t22-,25-/m1/s1. The summed E-state index contributed by atoms with van der Waals surface area (Å²) >= 11 is 2.46. The van der Waals surface area contributed by atoms with Crippen molar-refractivity contribution >= 4 is 58.0 Å². The van der Waals surface area contributed by atoms with Crippen molar-refractivity contribution in [3.8, 4) is 5.75 Å². The topological polar surface area (TPSA) is 206 Å². The van der Waals surface area contributed by atoms with Gasteiger partial charge in [-0.1, -0.05) is 5.16 Å². The van der Waals surface area contributed by atoms with Gasteiger partial charge in [0.15, 0.2) is 22.9 Å². The fourth-order valence-corrected chi connectivity index (χ4v) is 6.59. The van der Waals surface area contributed by atoms with Crippen LogP contribution in [0.2, 0.25) is 0 Å². The molecule has 2 aliphatic heterocycles. The van der Waals surface area contributed by atoms with Crippen LogP contribution in [0.15, 0.2) is 38.9 Å². The van der Waals surface area contributed by atoms with Crippen molar-refractivity contribution in [2.24, 2.45) is 5.16 Å². The number of nitrogens with zero attached hydrogens (tertiary/aromatic N) is 4. The summed E-state index contributed by atoms with van der Waals surface area (Å²) in [5, 5.41) is 17.1. The average molecular weight is 649 g/mol. The van der Waals surface area contributed by atoms with Gasteiger partial charge in [-0.05, 0) is 20.8 Å². The summed E-state index contributed by atoms with van der Waals surface area (Å²) in [6.07, 6.45) is 1.87. The normalized spacial score (nSPS) is 18.8. The number of aromatic amines is 1. The van der Waals surface area contributed by atoms with E-state index in [9.17, 15) is 29.1 Å². The van der Waals surface area contributed by atoms with Crippen molar-refractivity contribution < 1.29 is 38.3 Å². The first kappa shape index (κ1) is 32.7. The lowest BCUT2D eigenvalue weighted by Crippen LogP contribution is -2.70. The third-order valence-electron chi connectivity index (χ3n) is 6.40. The van der Waals surface area contributed by atoms with Crippen LogP contribution in [0.4, 0.5) is 5.13 Å². The number of thioether (sulfide) groups is 1. The van der Waals surface area contributed by atoms with E-state index in [-0.39, 0.29) is 28.0 Å². The van der Waals surface area contributed by atoms with Gasteiger partial charge >= 0.3 is 5.97 Å². The van der Waals surface area contributed by atoms with Crippen LogP contribution in [0.5, 0.6) is 5.75 Å². The zero-order valence-electron chi connectivity index (χ0n) is 24.8. The van der Waals surface area contributed by atoms with E-state index in [1.807, 2.05) is 14.1 Å². The number of aromatic nitrogens is 2. The van der Waals surface area contributed by atoms with Crippen molar-refractivity contribution in [1.29, 1.82) is 0 Å². The number of aldehydes is 1. The summed E-state index contributed by atoms with van der Waals surface area (Å²) in [5.41, 5.74) is 5.88. The number of nitrogens with one attached hydrogen (secondary N) is 2. The number of ether oxygens (including phenoxy) is 1. The van der Waals surface area contributed by atoms with Gasteiger partial charge in [-0.25, -0.2) is 9.78 Å². The lowest BCUT2D eigenvalue weighted by molar-refractivity contribution is -0.899. The van der Waals surface area contributed by atoms with Gasteiger partial charge in [0.05, 0.1) is 25.5 Å². The summed E-state index contributed by atoms with van der Waals surface area (Å²) in [7, 11) is 3.82. The molecule has 15 nitrogen and oxygen atoms in total. The number of amides is 2. The number of hydrogen-bond donors (Lipinski definition) is 4. The van der Waals surface area contributed by atoms with Gasteiger partial charge in [0.25, 0.3) is 11.8 Å². The van der Waals surface area contributed by atoms with Gasteiger partial charge in [-0.2, -0.15) is 0 Å². The zero-order chi connectivity index (χ0) is 32.4. The molecule has 2 aromatic heterocycles. The Hall–Kier alpha value is -4.22. The maximum Gasteiger partial charge on any atom is 0.347 e. The highest BCUT2D eigenvalue weighted by atomic mass is 32.2. The number of aromatic hydroxyl groups is 1. The van der Waals surface area contributed by atoms with E-state index in [4.69, 9.17) is 15.3 Å². The molecule has 0 bridgehead atoms. The summed E-state index contributed by atoms with van der Waals surface area (Å²) in [4.78, 5) is 76.0. The largest absolute Gasteiger partial charge is 0.503 e. The molecule has 0 aromatic carbocycles. The van der Waals surface area contributed by atoms with Crippen LogP contribution in [-0.4, -0.2) is 104 Å². The van der Waals surface area contributed by atoms with Gasteiger partial charge in [0.2, 0.25) is 12.0 Å². The molecule has 2 atom stereocenters. The molecule has 0 aliphatic carbocycles. The number of esters is 1. The maximum absolute atomic E-state index is 13.3. The highest BCUT2D eigenvalue weighted by Gasteiger charge is 2.53. The van der Waals surface area contributed by atoms with Gasteiger partial charge < -0.3 is 35.2 Å². The Kier molecular flexibility index (Phi) is 9.50. The third-order valence-corrected chi connectivity index (χ3v) is 8.41. The monoisotopic (exact) mass is 648 g/mol. The quantitative estimate of drug-likeness (QED) is 0.0651. The fraction of sp³-hybridized carbons (Fsp3) is 0.444. The number of thiazole rings is 1. The van der Waals surface area contributed by atoms with Crippen LogP contribution in [0.1, 0.15) is 32.2 Å². The Morgan fingerprint density at radius 3 is 2.66 bits per heavy atom. The van der Waals surface area contributed by atoms with E-state index in [0.717, 1.165) is 16.9 Å². The summed E-state index contributed by atoms with van der Waals surface area (Å²) in [6.45, 7) is 5.32. The summed E-state index contributed by atoms with van der Waals surface area (Å²) < 4.78 is 5.52. The van der Waals surface area contributed by atoms with E-state index in [1.165, 1.54) is 34.3 Å². The average Bonchev–Trinajstić information content (AvgIpc) is 3.35. The number of fused-ring (bicyclic) bond motifs is 1. The van der Waals surface area contributed by atoms with Crippen molar-refractivity contribution in [1.82, 2.24) is 20.2 Å². The molecular weight excluding hydrogens is 614 g/mol. The molecular formula is C27H34N7O8S2+. The number of quaternary nitrogens is 1. The molecule has 4 heterocycles. The van der Waals surface area contributed by atoms with Crippen LogP contribution < -0.4 is 16.5 Å². The van der Waals surface area contributed by atoms with E-state index in [0.29, 0.717) is 35.3 Å². The molecule has 5 N–H and O–H groups in total. The Morgan fingerprint density at radius 1 is 1.32 bits per heavy atom. The Labute approximate surface area is 260 Å². The number of carbonyl (C=O) groups excluding carboxylic acids is 4. The minimum Gasteiger partial charge on any atom is -0.503 e. The first-order valence-corrected chi connectivity index (χ1v) is 15.3. The van der Waals surface area contributed by atoms with Crippen LogP contribution in [0.25, 0.3) is 0 Å². The van der Waals surface area contributed by atoms with Crippen molar-refractivity contribution in [3.05, 3.63) is 50.5 Å². The van der Waals surface area contributed by atoms with Crippen molar-refractivity contribution in [2.45, 2.75) is 44.3 Å². The number of anilines is 1. The van der Waals surface area contributed by atoms with Crippen LogP contribution >= 0.6 is 23.1 Å². The molecule has 0 saturated carbocycles. The number of H-pyrrole nitrogens is 1. The number of nitrogen functional groups attached to an aromatic ring is 1. The minimum atomic E-state index is -0.958.